The second-order valence-corrected chi connectivity index (χ2v) is 6.79. The van der Waals surface area contributed by atoms with Gasteiger partial charge in [-0.25, -0.2) is 12.8 Å². The third kappa shape index (κ3) is 2.29. The van der Waals surface area contributed by atoms with Crippen LogP contribution in [0.2, 0.25) is 0 Å². The highest BCUT2D eigenvalue weighted by Gasteiger charge is 2.18. The maximum absolute atomic E-state index is 13.4. The average molecular weight is 295 g/mol. The number of halogens is 1. The molecule has 3 rings (SSSR count). The van der Waals surface area contributed by atoms with Gasteiger partial charge in [0.05, 0.1) is 18.0 Å². The summed E-state index contributed by atoms with van der Waals surface area (Å²) in [6.07, 6.45) is 2.67. The van der Waals surface area contributed by atoms with Crippen LogP contribution < -0.4 is 5.32 Å². The fourth-order valence-electron chi connectivity index (χ4n) is 2.38. The van der Waals surface area contributed by atoms with Crippen molar-refractivity contribution < 1.29 is 12.8 Å². The first-order valence-corrected chi connectivity index (χ1v) is 8.10. The lowest BCUT2D eigenvalue weighted by Gasteiger charge is -2.05. The quantitative estimate of drug-likeness (QED) is 0.925. The zero-order valence-corrected chi connectivity index (χ0v) is 11.7. The molecule has 2 aromatic rings. The summed E-state index contributed by atoms with van der Waals surface area (Å²) in [5.41, 5.74) is 0.684. The second kappa shape index (κ2) is 4.59. The van der Waals surface area contributed by atoms with Gasteiger partial charge in [0.15, 0.2) is 9.84 Å². The Hall–Kier alpha value is -1.89. The SMILES string of the molecule is CS(=O)(=O)c1cn(CC2=NCCN2)c2ccc(F)cc12. The van der Waals surface area contributed by atoms with Crippen LogP contribution in [0.1, 0.15) is 0 Å². The van der Waals surface area contributed by atoms with Crippen LogP contribution >= 0.6 is 0 Å². The van der Waals surface area contributed by atoms with Crippen molar-refractivity contribution in [3.05, 3.63) is 30.2 Å². The molecule has 0 atom stereocenters. The first-order valence-electron chi connectivity index (χ1n) is 6.21. The molecule has 0 spiro atoms. The molecule has 0 unspecified atom stereocenters. The van der Waals surface area contributed by atoms with E-state index in [4.69, 9.17) is 0 Å². The lowest BCUT2D eigenvalue weighted by molar-refractivity contribution is 0.602. The zero-order valence-electron chi connectivity index (χ0n) is 10.9. The number of benzene rings is 1. The van der Waals surface area contributed by atoms with Gasteiger partial charge in [-0.15, -0.1) is 0 Å². The van der Waals surface area contributed by atoms with E-state index in [1.807, 2.05) is 0 Å². The van der Waals surface area contributed by atoms with Crippen LogP contribution in [0, 0.1) is 5.82 Å². The van der Waals surface area contributed by atoms with Gasteiger partial charge < -0.3 is 9.88 Å². The first kappa shape index (κ1) is 13.1. The second-order valence-electron chi connectivity index (χ2n) is 4.81. The van der Waals surface area contributed by atoms with Crippen molar-refractivity contribution in [3.8, 4) is 0 Å². The summed E-state index contributed by atoms with van der Waals surface area (Å²) in [6, 6.07) is 4.18. The van der Waals surface area contributed by atoms with Crippen LogP contribution in [0.3, 0.4) is 0 Å². The summed E-state index contributed by atoms with van der Waals surface area (Å²) in [4.78, 5) is 4.43. The fourth-order valence-corrected chi connectivity index (χ4v) is 3.26. The van der Waals surface area contributed by atoms with Crippen molar-refractivity contribution in [2.75, 3.05) is 19.3 Å². The van der Waals surface area contributed by atoms with Crippen molar-refractivity contribution >= 4 is 26.6 Å². The molecule has 0 saturated carbocycles. The molecular weight excluding hydrogens is 281 g/mol. The Morgan fingerprint density at radius 2 is 2.25 bits per heavy atom. The summed E-state index contributed by atoms with van der Waals surface area (Å²) in [6.45, 7) is 1.97. The highest BCUT2D eigenvalue weighted by Crippen LogP contribution is 2.26. The highest BCUT2D eigenvalue weighted by atomic mass is 32.2. The normalized spacial score (nSPS) is 15.4. The van der Waals surface area contributed by atoms with Gasteiger partial charge >= 0.3 is 0 Å². The molecule has 1 aliphatic rings. The lowest BCUT2D eigenvalue weighted by atomic mass is 10.2. The van der Waals surface area contributed by atoms with E-state index in [0.717, 1.165) is 25.2 Å². The van der Waals surface area contributed by atoms with Crippen LogP contribution in [0.25, 0.3) is 10.9 Å². The molecule has 7 heteroatoms. The molecule has 1 aromatic heterocycles. The molecule has 0 amide bonds. The fraction of sp³-hybridized carbons (Fsp3) is 0.308. The molecule has 106 valence electrons. The monoisotopic (exact) mass is 295 g/mol. The van der Waals surface area contributed by atoms with Crippen LogP contribution in [-0.4, -0.2) is 38.2 Å². The third-order valence-electron chi connectivity index (χ3n) is 3.27. The molecule has 2 heterocycles. The molecular formula is C13H14FN3O2S. The Labute approximate surface area is 116 Å². The molecule has 1 aliphatic heterocycles. The Morgan fingerprint density at radius 3 is 2.90 bits per heavy atom. The topological polar surface area (TPSA) is 63.5 Å². The summed E-state index contributed by atoms with van der Waals surface area (Å²) in [5.74, 6) is 0.364. The van der Waals surface area contributed by atoms with Crippen molar-refractivity contribution in [1.82, 2.24) is 9.88 Å². The number of hydrogen-bond acceptors (Lipinski definition) is 4. The summed E-state index contributed by atoms with van der Waals surface area (Å²) >= 11 is 0. The van der Waals surface area contributed by atoms with Gasteiger partial charge in [0.1, 0.15) is 11.7 Å². The van der Waals surface area contributed by atoms with Crippen molar-refractivity contribution in [2.24, 2.45) is 4.99 Å². The smallest absolute Gasteiger partial charge is 0.177 e. The molecule has 0 bridgehead atoms. The van der Waals surface area contributed by atoms with E-state index >= 15 is 0 Å². The molecule has 1 N–H and O–H groups in total. The highest BCUT2D eigenvalue weighted by molar-refractivity contribution is 7.91. The third-order valence-corrected chi connectivity index (χ3v) is 4.39. The molecule has 0 fully saturated rings. The number of amidine groups is 1. The van der Waals surface area contributed by atoms with E-state index in [0.29, 0.717) is 17.4 Å². The predicted molar refractivity (Wildman–Crippen MR) is 75.3 cm³/mol. The molecule has 20 heavy (non-hydrogen) atoms. The minimum atomic E-state index is -3.41. The Balaban J connectivity index is 2.17. The van der Waals surface area contributed by atoms with Crippen molar-refractivity contribution in [1.29, 1.82) is 0 Å². The number of rotatable bonds is 3. The van der Waals surface area contributed by atoms with E-state index in [9.17, 15) is 12.8 Å². The molecule has 0 saturated heterocycles. The number of sulfone groups is 1. The lowest BCUT2D eigenvalue weighted by Crippen LogP contribution is -2.23. The maximum Gasteiger partial charge on any atom is 0.177 e. The van der Waals surface area contributed by atoms with Gasteiger partial charge in [0.2, 0.25) is 0 Å². The summed E-state index contributed by atoms with van der Waals surface area (Å²) in [7, 11) is -3.41. The maximum atomic E-state index is 13.4. The van der Waals surface area contributed by atoms with E-state index in [1.54, 1.807) is 16.8 Å². The van der Waals surface area contributed by atoms with Gasteiger partial charge in [0, 0.05) is 29.9 Å². The van der Waals surface area contributed by atoms with E-state index in [1.165, 1.54) is 12.1 Å². The van der Waals surface area contributed by atoms with Crippen molar-refractivity contribution in [3.63, 3.8) is 0 Å². The Kier molecular flexibility index (Phi) is 3.01. The number of nitrogens with one attached hydrogen (secondary N) is 1. The minimum absolute atomic E-state index is 0.144. The molecule has 0 aliphatic carbocycles. The van der Waals surface area contributed by atoms with Gasteiger partial charge in [-0.05, 0) is 18.2 Å². The predicted octanol–water partition coefficient (Wildman–Crippen LogP) is 1.19. The zero-order chi connectivity index (χ0) is 14.3. The van der Waals surface area contributed by atoms with Crippen LogP contribution in [0.15, 0.2) is 34.3 Å². The summed E-state index contributed by atoms with van der Waals surface area (Å²) in [5, 5.41) is 3.54. The Bertz CT molecular complexity index is 808. The van der Waals surface area contributed by atoms with E-state index < -0.39 is 15.7 Å². The van der Waals surface area contributed by atoms with E-state index in [-0.39, 0.29) is 4.90 Å². The average Bonchev–Trinajstić information content (AvgIpc) is 2.97. The van der Waals surface area contributed by atoms with Crippen LogP contribution in [0.4, 0.5) is 4.39 Å². The van der Waals surface area contributed by atoms with Gasteiger partial charge in [-0.2, -0.15) is 0 Å². The molecule has 1 aromatic carbocycles. The standard InChI is InChI=1S/C13H14FN3O2S/c1-20(18,19)12-7-17(8-13-15-4-5-16-13)11-3-2-9(14)6-10(11)12/h2-3,6-7H,4-5,8H2,1H3,(H,15,16). The minimum Gasteiger partial charge on any atom is -0.370 e. The molecule has 0 radical (unpaired) electrons. The van der Waals surface area contributed by atoms with Crippen LogP contribution in [0.5, 0.6) is 0 Å². The first-order chi connectivity index (χ1) is 9.45. The van der Waals surface area contributed by atoms with Gasteiger partial charge in [-0.3, -0.25) is 4.99 Å². The van der Waals surface area contributed by atoms with Crippen molar-refractivity contribution in [2.45, 2.75) is 11.4 Å². The number of nitrogens with zero attached hydrogens (tertiary/aromatic N) is 2. The largest absolute Gasteiger partial charge is 0.370 e. The number of fused-ring (bicyclic) bond motifs is 1. The number of hydrogen-bond donors (Lipinski definition) is 1. The Morgan fingerprint density at radius 1 is 1.45 bits per heavy atom. The van der Waals surface area contributed by atoms with Gasteiger partial charge in [-0.1, -0.05) is 0 Å². The number of aliphatic imine (C=N–C) groups is 1. The summed E-state index contributed by atoms with van der Waals surface area (Å²) < 4.78 is 38.8. The van der Waals surface area contributed by atoms with Crippen LogP contribution in [-0.2, 0) is 16.4 Å². The van der Waals surface area contributed by atoms with Gasteiger partial charge in [0.25, 0.3) is 0 Å². The molecule has 5 nitrogen and oxygen atoms in total. The van der Waals surface area contributed by atoms with E-state index in [2.05, 4.69) is 10.3 Å². The number of aromatic nitrogens is 1.